The van der Waals surface area contributed by atoms with E-state index in [-0.39, 0.29) is 23.8 Å². The van der Waals surface area contributed by atoms with Crippen molar-refractivity contribution < 1.29 is 18.7 Å². The van der Waals surface area contributed by atoms with E-state index in [9.17, 15) is 14.0 Å². The lowest BCUT2D eigenvalue weighted by atomic mass is 10.1. The number of piperazine rings is 1. The average molecular weight is 428 g/mol. The molecule has 1 aliphatic heterocycles. The van der Waals surface area contributed by atoms with Crippen LogP contribution in [0.2, 0.25) is 0 Å². The molecule has 0 spiro atoms. The van der Waals surface area contributed by atoms with Gasteiger partial charge in [0.15, 0.2) is 5.78 Å². The summed E-state index contributed by atoms with van der Waals surface area (Å²) in [5.74, 6) is 0.147. The summed E-state index contributed by atoms with van der Waals surface area (Å²) in [6.45, 7) is 7.76. The number of anilines is 1. The first-order valence-corrected chi connectivity index (χ1v) is 10.5. The first kappa shape index (κ1) is 22.7. The summed E-state index contributed by atoms with van der Waals surface area (Å²) in [6, 6.07) is 11.8. The van der Waals surface area contributed by atoms with Crippen molar-refractivity contribution in [2.45, 2.75) is 32.9 Å². The molecule has 166 valence electrons. The van der Waals surface area contributed by atoms with Gasteiger partial charge in [-0.1, -0.05) is 18.2 Å². The van der Waals surface area contributed by atoms with Crippen LogP contribution < -0.4 is 15.0 Å². The van der Waals surface area contributed by atoms with Gasteiger partial charge in [-0.3, -0.25) is 14.5 Å². The molecule has 1 fully saturated rings. The molecule has 1 N–H and O–H groups in total. The topological polar surface area (TPSA) is 61.9 Å². The van der Waals surface area contributed by atoms with E-state index in [1.165, 1.54) is 13.0 Å². The number of carbonyl (C=O) groups is 2. The molecule has 1 aliphatic rings. The van der Waals surface area contributed by atoms with Crippen LogP contribution in [0.4, 0.5) is 10.1 Å². The lowest BCUT2D eigenvalue weighted by Gasteiger charge is -2.39. The van der Waals surface area contributed by atoms with Crippen LogP contribution in [-0.4, -0.2) is 55.9 Å². The van der Waals surface area contributed by atoms with E-state index >= 15 is 0 Å². The highest BCUT2D eigenvalue weighted by Gasteiger charge is 2.28. The van der Waals surface area contributed by atoms with E-state index in [4.69, 9.17) is 4.74 Å². The smallest absolute Gasteiger partial charge is 0.237 e. The third kappa shape index (κ3) is 5.22. The first-order chi connectivity index (χ1) is 14.8. The summed E-state index contributed by atoms with van der Waals surface area (Å²) in [5.41, 5.74) is 1.79. The minimum atomic E-state index is -0.391. The minimum Gasteiger partial charge on any atom is -0.496 e. The van der Waals surface area contributed by atoms with Gasteiger partial charge in [-0.2, -0.15) is 0 Å². The van der Waals surface area contributed by atoms with Crippen LogP contribution in [-0.2, 0) is 4.79 Å². The number of para-hydroxylation sites is 1. The van der Waals surface area contributed by atoms with E-state index in [0.717, 1.165) is 11.3 Å². The van der Waals surface area contributed by atoms with Gasteiger partial charge in [-0.15, -0.1) is 0 Å². The van der Waals surface area contributed by atoms with Gasteiger partial charge in [0.2, 0.25) is 5.91 Å². The third-order valence-electron chi connectivity index (χ3n) is 5.90. The Morgan fingerprint density at radius 2 is 1.74 bits per heavy atom. The largest absolute Gasteiger partial charge is 0.496 e. The number of nitrogens with zero attached hydrogens (tertiary/aromatic N) is 2. The summed E-state index contributed by atoms with van der Waals surface area (Å²) in [4.78, 5) is 28.3. The average Bonchev–Trinajstić information content (AvgIpc) is 2.78. The fourth-order valence-corrected chi connectivity index (χ4v) is 3.93. The standard InChI is InChI=1S/C24H30FN3O3/c1-16(20-7-5-6-8-23(20)31-4)26-24(30)17(2)27-11-13-28(14-12-27)22-10-9-19(18(3)29)15-21(22)25/h5-10,15-17H,11-14H2,1-4H3,(H,26,30). The van der Waals surface area contributed by atoms with E-state index in [1.807, 2.05) is 43.0 Å². The Hall–Kier alpha value is -2.93. The maximum Gasteiger partial charge on any atom is 0.237 e. The minimum absolute atomic E-state index is 0.0520. The lowest BCUT2D eigenvalue weighted by molar-refractivity contribution is -0.126. The van der Waals surface area contributed by atoms with Crippen LogP contribution in [0.5, 0.6) is 5.75 Å². The number of ketones is 1. The molecule has 1 amide bonds. The molecule has 0 radical (unpaired) electrons. The molecular formula is C24H30FN3O3. The number of benzene rings is 2. The molecule has 0 aromatic heterocycles. The third-order valence-corrected chi connectivity index (χ3v) is 5.90. The van der Waals surface area contributed by atoms with Gasteiger partial charge in [-0.05, 0) is 45.0 Å². The van der Waals surface area contributed by atoms with Crippen LogP contribution in [0.15, 0.2) is 42.5 Å². The highest BCUT2D eigenvalue weighted by atomic mass is 19.1. The van der Waals surface area contributed by atoms with E-state index in [2.05, 4.69) is 10.2 Å². The normalized spacial score (nSPS) is 16.5. The molecule has 3 rings (SSSR count). The Labute approximate surface area is 183 Å². The summed E-state index contributed by atoms with van der Waals surface area (Å²) in [7, 11) is 1.62. The van der Waals surface area contributed by atoms with Crippen LogP contribution in [0.25, 0.3) is 0 Å². The maximum atomic E-state index is 14.5. The van der Waals surface area contributed by atoms with E-state index in [0.29, 0.717) is 37.4 Å². The Kier molecular flexibility index (Phi) is 7.28. The van der Waals surface area contributed by atoms with E-state index < -0.39 is 5.82 Å². The number of amides is 1. The van der Waals surface area contributed by atoms with Crippen molar-refractivity contribution >= 4 is 17.4 Å². The molecule has 1 saturated heterocycles. The molecule has 2 aromatic carbocycles. The van der Waals surface area contributed by atoms with Gasteiger partial charge in [-0.25, -0.2) is 4.39 Å². The number of hydrogen-bond acceptors (Lipinski definition) is 5. The number of halogens is 1. The number of nitrogens with one attached hydrogen (secondary N) is 1. The highest BCUT2D eigenvalue weighted by Crippen LogP contribution is 2.25. The molecule has 0 aliphatic carbocycles. The van der Waals surface area contributed by atoms with Gasteiger partial charge in [0.25, 0.3) is 0 Å². The van der Waals surface area contributed by atoms with Gasteiger partial charge in [0.05, 0.1) is 24.9 Å². The van der Waals surface area contributed by atoms with Gasteiger partial charge in [0.1, 0.15) is 11.6 Å². The quantitative estimate of drug-likeness (QED) is 0.686. The van der Waals surface area contributed by atoms with Crippen LogP contribution in [0, 0.1) is 5.82 Å². The summed E-state index contributed by atoms with van der Waals surface area (Å²) < 4.78 is 19.9. The Bertz CT molecular complexity index is 941. The summed E-state index contributed by atoms with van der Waals surface area (Å²) >= 11 is 0. The predicted octanol–water partition coefficient (Wildman–Crippen LogP) is 3.42. The highest BCUT2D eigenvalue weighted by molar-refractivity contribution is 5.94. The molecule has 31 heavy (non-hydrogen) atoms. The molecule has 7 heteroatoms. The first-order valence-electron chi connectivity index (χ1n) is 10.5. The zero-order chi connectivity index (χ0) is 22.5. The lowest BCUT2D eigenvalue weighted by Crippen LogP contribution is -2.54. The van der Waals surface area contributed by atoms with Crippen molar-refractivity contribution in [3.8, 4) is 5.75 Å². The predicted molar refractivity (Wildman–Crippen MR) is 119 cm³/mol. The van der Waals surface area contributed by atoms with Crippen molar-refractivity contribution in [1.82, 2.24) is 10.2 Å². The SMILES string of the molecule is COc1ccccc1C(C)NC(=O)C(C)N1CCN(c2ccc(C(C)=O)cc2F)CC1. The van der Waals surface area contributed by atoms with Crippen LogP contribution in [0.3, 0.4) is 0 Å². The Balaban J connectivity index is 1.58. The Morgan fingerprint density at radius 3 is 2.35 bits per heavy atom. The molecule has 6 nitrogen and oxygen atoms in total. The number of hydrogen-bond donors (Lipinski definition) is 1. The maximum absolute atomic E-state index is 14.5. The summed E-state index contributed by atoms with van der Waals surface area (Å²) in [5, 5.41) is 3.07. The number of rotatable bonds is 7. The molecule has 2 unspecified atom stereocenters. The van der Waals surface area contributed by atoms with Gasteiger partial charge < -0.3 is 15.0 Å². The fourth-order valence-electron chi connectivity index (χ4n) is 3.93. The van der Waals surface area contributed by atoms with Crippen molar-refractivity contribution in [3.05, 3.63) is 59.4 Å². The van der Waals surface area contributed by atoms with Crippen molar-refractivity contribution in [1.29, 1.82) is 0 Å². The zero-order valence-corrected chi connectivity index (χ0v) is 18.5. The van der Waals surface area contributed by atoms with Crippen LogP contribution in [0.1, 0.15) is 42.7 Å². The molecular weight excluding hydrogens is 397 g/mol. The number of methoxy groups -OCH3 is 1. The van der Waals surface area contributed by atoms with Crippen LogP contribution >= 0.6 is 0 Å². The second-order valence-corrected chi connectivity index (χ2v) is 7.89. The molecule has 2 aromatic rings. The molecule has 0 saturated carbocycles. The van der Waals surface area contributed by atoms with Crippen molar-refractivity contribution in [2.24, 2.45) is 0 Å². The summed E-state index contributed by atoms with van der Waals surface area (Å²) in [6.07, 6.45) is 0. The number of Topliss-reactive ketones (excluding diaryl/α,β-unsaturated/α-hetero) is 1. The monoisotopic (exact) mass is 427 g/mol. The molecule has 0 bridgehead atoms. The second kappa shape index (κ2) is 9.92. The number of carbonyl (C=O) groups excluding carboxylic acids is 2. The van der Waals surface area contributed by atoms with Gasteiger partial charge in [0, 0.05) is 37.3 Å². The van der Waals surface area contributed by atoms with E-state index in [1.54, 1.807) is 19.2 Å². The zero-order valence-electron chi connectivity index (χ0n) is 18.5. The number of ether oxygens (including phenoxy) is 1. The Morgan fingerprint density at radius 1 is 1.06 bits per heavy atom. The molecule has 1 heterocycles. The molecule has 2 atom stereocenters. The van der Waals surface area contributed by atoms with Crippen molar-refractivity contribution in [3.63, 3.8) is 0 Å². The van der Waals surface area contributed by atoms with Crippen molar-refractivity contribution in [2.75, 3.05) is 38.2 Å². The fraction of sp³-hybridized carbons (Fsp3) is 0.417. The second-order valence-electron chi connectivity index (χ2n) is 7.89. The van der Waals surface area contributed by atoms with Gasteiger partial charge >= 0.3 is 0 Å².